The average molecular weight is 415 g/mol. The molecule has 4 rings (SSSR count). The van der Waals surface area contributed by atoms with Crippen LogP contribution in [0.15, 0.2) is 0 Å². The second-order valence-electron chi connectivity index (χ2n) is 10.0. The molecular formula is C21H32BrFO2. The van der Waals surface area contributed by atoms with Crippen LogP contribution in [0, 0.1) is 40.9 Å². The monoisotopic (exact) mass is 414 g/mol. The quantitative estimate of drug-likeness (QED) is 0.651. The largest absolute Gasteiger partial charge is 0.390 e. The molecule has 0 aromatic heterocycles. The van der Waals surface area contributed by atoms with Crippen LogP contribution in [-0.4, -0.2) is 28.0 Å². The highest BCUT2D eigenvalue weighted by Crippen LogP contribution is 2.65. The van der Waals surface area contributed by atoms with E-state index < -0.39 is 11.8 Å². The van der Waals surface area contributed by atoms with Crippen molar-refractivity contribution < 1.29 is 14.3 Å². The summed E-state index contributed by atoms with van der Waals surface area (Å²) in [5.41, 5.74) is -0.596. The van der Waals surface area contributed by atoms with Crippen LogP contribution in [0.1, 0.15) is 65.2 Å². The Labute approximate surface area is 159 Å². The minimum Gasteiger partial charge on any atom is -0.390 e. The van der Waals surface area contributed by atoms with Crippen molar-refractivity contribution in [3.05, 3.63) is 0 Å². The predicted octanol–water partition coefficient (Wildman–Crippen LogP) is 4.92. The van der Waals surface area contributed by atoms with Gasteiger partial charge in [-0.25, -0.2) is 4.39 Å². The maximum Gasteiger partial charge on any atom is 0.147 e. The zero-order valence-electron chi connectivity index (χ0n) is 15.5. The average Bonchev–Trinajstić information content (AvgIpc) is 2.91. The topological polar surface area (TPSA) is 37.3 Å². The van der Waals surface area contributed by atoms with Crippen LogP contribution in [0.5, 0.6) is 0 Å². The van der Waals surface area contributed by atoms with Gasteiger partial charge in [0, 0.05) is 5.92 Å². The van der Waals surface area contributed by atoms with Crippen molar-refractivity contribution in [2.45, 2.75) is 77.0 Å². The first-order chi connectivity index (χ1) is 11.8. The molecule has 2 nitrogen and oxygen atoms in total. The van der Waals surface area contributed by atoms with Crippen LogP contribution in [0.4, 0.5) is 4.39 Å². The van der Waals surface area contributed by atoms with E-state index in [1.54, 1.807) is 0 Å². The smallest absolute Gasteiger partial charge is 0.147 e. The summed E-state index contributed by atoms with van der Waals surface area (Å²) in [5, 5.41) is 10.9. The molecule has 0 aromatic carbocycles. The molecule has 0 aromatic rings. The van der Waals surface area contributed by atoms with E-state index in [1.807, 2.05) is 6.92 Å². The molecule has 0 saturated heterocycles. The van der Waals surface area contributed by atoms with E-state index in [4.69, 9.17) is 0 Å². The normalized spacial score (nSPS) is 55.2. The molecule has 0 aliphatic heterocycles. The minimum absolute atomic E-state index is 0.0516. The lowest BCUT2D eigenvalue weighted by atomic mass is 9.48. The van der Waals surface area contributed by atoms with E-state index in [2.05, 4.69) is 22.9 Å². The van der Waals surface area contributed by atoms with Gasteiger partial charge < -0.3 is 5.11 Å². The SMILES string of the molecule is C[C@@]1(O)CC[C@@H]2C3CC[C@]4(C)C(C(=O)CBr)CC[C@H]4[C@@H]3C[C@@H](F)[C@@H]2C1. The molecule has 4 saturated carbocycles. The van der Waals surface area contributed by atoms with Gasteiger partial charge in [0.25, 0.3) is 0 Å². The fraction of sp³-hybridized carbons (Fsp3) is 0.952. The minimum atomic E-state index is -0.772. The van der Waals surface area contributed by atoms with Gasteiger partial charge in [-0.15, -0.1) is 0 Å². The first-order valence-corrected chi connectivity index (χ1v) is 11.3. The van der Waals surface area contributed by atoms with E-state index in [0.717, 1.165) is 38.5 Å². The van der Waals surface area contributed by atoms with Crippen molar-refractivity contribution in [3.8, 4) is 0 Å². The molecule has 0 radical (unpaired) electrons. The van der Waals surface area contributed by atoms with Crippen molar-refractivity contribution in [2.24, 2.45) is 40.9 Å². The summed E-state index contributed by atoms with van der Waals surface area (Å²) in [6, 6.07) is 0. The molecule has 0 heterocycles. The predicted molar refractivity (Wildman–Crippen MR) is 100 cm³/mol. The molecule has 0 amide bonds. The second-order valence-corrected chi connectivity index (χ2v) is 10.6. The van der Waals surface area contributed by atoms with Crippen molar-refractivity contribution in [1.82, 2.24) is 0 Å². The molecule has 0 bridgehead atoms. The summed E-state index contributed by atoms with van der Waals surface area (Å²) in [4.78, 5) is 12.4. The van der Waals surface area contributed by atoms with E-state index in [9.17, 15) is 9.90 Å². The van der Waals surface area contributed by atoms with Gasteiger partial charge in [-0.3, -0.25) is 4.79 Å². The molecule has 2 unspecified atom stereocenters. The molecule has 142 valence electrons. The Bertz CT molecular complexity index is 550. The maximum atomic E-state index is 15.2. The van der Waals surface area contributed by atoms with Crippen LogP contribution in [0.2, 0.25) is 0 Å². The fourth-order valence-electron chi connectivity index (χ4n) is 7.62. The molecule has 4 aliphatic rings. The number of hydrogen-bond acceptors (Lipinski definition) is 2. The van der Waals surface area contributed by atoms with Crippen molar-refractivity contribution in [3.63, 3.8) is 0 Å². The summed E-state index contributed by atoms with van der Waals surface area (Å²) in [7, 11) is 0. The Kier molecular flexibility index (Phi) is 4.63. The Balaban J connectivity index is 1.58. The van der Waals surface area contributed by atoms with Gasteiger partial charge in [-0.1, -0.05) is 22.9 Å². The molecule has 9 atom stereocenters. The number of rotatable bonds is 2. The van der Waals surface area contributed by atoms with Gasteiger partial charge in [0.2, 0.25) is 0 Å². The van der Waals surface area contributed by atoms with Gasteiger partial charge in [-0.05, 0) is 93.3 Å². The van der Waals surface area contributed by atoms with Crippen LogP contribution in [-0.2, 0) is 4.79 Å². The standard InChI is InChI=1S/C21H32BrFO2/c1-20(25)7-5-13-12-6-8-21(2)16(3-4-17(21)19(24)11-22)14(12)9-18(23)15(13)10-20/h12-18,25H,3-11H2,1-2H3/t12?,13-,14-,15-,16+,17?,18-,20-,21+/m1/s1. The Morgan fingerprint density at radius 3 is 2.48 bits per heavy atom. The molecule has 1 N–H and O–H groups in total. The molecule has 4 fully saturated rings. The fourth-order valence-corrected chi connectivity index (χ4v) is 8.02. The van der Waals surface area contributed by atoms with Gasteiger partial charge in [0.15, 0.2) is 0 Å². The maximum absolute atomic E-state index is 15.2. The molecule has 0 spiro atoms. The summed E-state index contributed by atoms with van der Waals surface area (Å²) in [6.07, 6.45) is 6.69. The van der Waals surface area contributed by atoms with E-state index in [-0.39, 0.29) is 17.3 Å². The van der Waals surface area contributed by atoms with Crippen molar-refractivity contribution in [1.29, 1.82) is 0 Å². The van der Waals surface area contributed by atoms with Gasteiger partial charge in [0.05, 0.1) is 10.9 Å². The van der Waals surface area contributed by atoms with E-state index in [1.165, 1.54) is 0 Å². The van der Waals surface area contributed by atoms with Crippen LogP contribution < -0.4 is 0 Å². The third kappa shape index (κ3) is 2.85. The Hall–Kier alpha value is 0.0400. The highest BCUT2D eigenvalue weighted by molar-refractivity contribution is 9.09. The van der Waals surface area contributed by atoms with E-state index in [0.29, 0.717) is 47.6 Å². The van der Waals surface area contributed by atoms with Gasteiger partial charge >= 0.3 is 0 Å². The Morgan fingerprint density at radius 2 is 1.76 bits per heavy atom. The Morgan fingerprint density at radius 1 is 1.08 bits per heavy atom. The number of ketones is 1. The summed E-state index contributed by atoms with van der Waals surface area (Å²) in [6.45, 7) is 4.20. The summed E-state index contributed by atoms with van der Waals surface area (Å²) in [5.74, 6) is 2.60. The molecular weight excluding hydrogens is 383 g/mol. The van der Waals surface area contributed by atoms with Crippen molar-refractivity contribution >= 4 is 21.7 Å². The zero-order valence-corrected chi connectivity index (χ0v) is 17.1. The highest BCUT2D eigenvalue weighted by Gasteiger charge is 2.60. The van der Waals surface area contributed by atoms with Gasteiger partial charge in [0.1, 0.15) is 12.0 Å². The third-order valence-electron chi connectivity index (χ3n) is 8.77. The van der Waals surface area contributed by atoms with Crippen LogP contribution in [0.3, 0.4) is 0 Å². The third-order valence-corrected chi connectivity index (χ3v) is 9.32. The number of aliphatic hydroxyl groups is 1. The molecule has 25 heavy (non-hydrogen) atoms. The van der Waals surface area contributed by atoms with Crippen LogP contribution in [0.25, 0.3) is 0 Å². The first-order valence-electron chi connectivity index (χ1n) is 10.2. The number of carbonyl (C=O) groups excluding carboxylic acids is 1. The van der Waals surface area contributed by atoms with Gasteiger partial charge in [-0.2, -0.15) is 0 Å². The second kappa shape index (κ2) is 6.29. The first kappa shape index (κ1) is 18.4. The zero-order chi connectivity index (χ0) is 18.0. The van der Waals surface area contributed by atoms with Crippen molar-refractivity contribution in [2.75, 3.05) is 5.33 Å². The number of carbonyl (C=O) groups is 1. The number of fused-ring (bicyclic) bond motifs is 5. The molecule has 4 aliphatic carbocycles. The number of alkyl halides is 2. The lowest BCUT2D eigenvalue weighted by molar-refractivity contribution is -0.137. The van der Waals surface area contributed by atoms with E-state index >= 15 is 4.39 Å². The number of halogens is 2. The number of Topliss-reactive ketones (excluding diaryl/α,β-unsaturated/α-hetero) is 1. The summed E-state index contributed by atoms with van der Waals surface area (Å²) < 4.78 is 15.2. The summed E-state index contributed by atoms with van der Waals surface area (Å²) >= 11 is 3.37. The molecule has 4 heteroatoms. The highest BCUT2D eigenvalue weighted by atomic mass is 79.9. The lowest BCUT2D eigenvalue weighted by Crippen LogP contribution is -2.54. The number of hydrogen-bond donors (Lipinski definition) is 1. The lowest BCUT2D eigenvalue weighted by Gasteiger charge is -2.57. The van der Waals surface area contributed by atoms with Crippen LogP contribution >= 0.6 is 15.9 Å².